The maximum Gasteiger partial charge on any atom is 0.251 e. The Labute approximate surface area is 227 Å². The van der Waals surface area contributed by atoms with Crippen molar-refractivity contribution in [3.05, 3.63) is 71.0 Å². The van der Waals surface area contributed by atoms with Gasteiger partial charge in [0.15, 0.2) is 0 Å². The molecule has 0 heterocycles. The summed E-state index contributed by atoms with van der Waals surface area (Å²) in [5.74, 6) is 0.963. The third-order valence-electron chi connectivity index (χ3n) is 5.93. The highest BCUT2D eigenvalue weighted by atomic mass is 32.2. The van der Waals surface area contributed by atoms with Crippen molar-refractivity contribution in [2.75, 3.05) is 19.0 Å². The Morgan fingerprint density at radius 2 is 1.89 bits per heavy atom. The number of benzene rings is 2. The van der Waals surface area contributed by atoms with Crippen molar-refractivity contribution in [2.24, 2.45) is 5.92 Å². The lowest BCUT2D eigenvalue weighted by molar-refractivity contribution is -0.112. The number of thiocarbonyl (C=S) groups is 1. The second-order valence-electron chi connectivity index (χ2n) is 8.84. The number of rotatable bonds is 15. The number of ether oxygens (including phenoxy) is 1. The number of thioether (sulfide) groups is 1. The summed E-state index contributed by atoms with van der Waals surface area (Å²) < 4.78 is 5.39. The normalized spacial score (nSPS) is 12.1. The summed E-state index contributed by atoms with van der Waals surface area (Å²) >= 11 is 6.99. The fourth-order valence-electron chi connectivity index (χ4n) is 3.83. The van der Waals surface area contributed by atoms with E-state index in [4.69, 9.17) is 17.0 Å². The molecule has 1 amide bonds. The Hall–Kier alpha value is -2.57. The van der Waals surface area contributed by atoms with Crippen LogP contribution in [0.4, 0.5) is 5.69 Å². The monoisotopic (exact) mass is 524 g/mol. The van der Waals surface area contributed by atoms with E-state index in [1.54, 1.807) is 18.9 Å². The second kappa shape index (κ2) is 16.2. The summed E-state index contributed by atoms with van der Waals surface area (Å²) in [6.45, 7) is 11.5. The number of anilines is 1. The van der Waals surface area contributed by atoms with E-state index < -0.39 is 0 Å². The summed E-state index contributed by atoms with van der Waals surface area (Å²) in [7, 11) is 1.62. The topological polar surface area (TPSA) is 50.4 Å². The Morgan fingerprint density at radius 1 is 1.14 bits per heavy atom. The molecule has 0 aliphatic heterocycles. The maximum absolute atomic E-state index is 13.1. The Balaban J connectivity index is 2.02. The van der Waals surface area contributed by atoms with Gasteiger partial charge < -0.3 is 15.4 Å². The van der Waals surface area contributed by atoms with Gasteiger partial charge in [0, 0.05) is 23.7 Å². The van der Waals surface area contributed by atoms with Gasteiger partial charge in [-0.25, -0.2) is 0 Å². The molecule has 0 fully saturated rings. The zero-order valence-corrected chi connectivity index (χ0v) is 23.7. The van der Waals surface area contributed by atoms with Gasteiger partial charge in [0.25, 0.3) is 5.91 Å². The molecule has 0 saturated heterocycles. The molecule has 36 heavy (non-hydrogen) atoms. The molecule has 0 radical (unpaired) electrons. The molecule has 4 nitrogen and oxygen atoms in total. The van der Waals surface area contributed by atoms with Gasteiger partial charge in [0.1, 0.15) is 5.75 Å². The maximum atomic E-state index is 13.1. The highest BCUT2D eigenvalue weighted by Gasteiger charge is 2.15. The number of carbonyl (C=O) groups is 1. The van der Waals surface area contributed by atoms with Crippen LogP contribution >= 0.6 is 24.0 Å². The molecule has 2 aromatic carbocycles. The summed E-state index contributed by atoms with van der Waals surface area (Å²) in [6.07, 6.45) is 6.28. The van der Waals surface area contributed by atoms with E-state index >= 15 is 0 Å². The molecule has 0 aliphatic carbocycles. The quantitative estimate of drug-likeness (QED) is 0.181. The minimum atomic E-state index is -0.139. The van der Waals surface area contributed by atoms with E-state index in [0.29, 0.717) is 17.2 Å². The van der Waals surface area contributed by atoms with Crippen molar-refractivity contribution >= 4 is 40.6 Å². The molecule has 0 aliphatic rings. The van der Waals surface area contributed by atoms with Gasteiger partial charge >= 0.3 is 0 Å². The average Bonchev–Trinajstić information content (AvgIpc) is 2.90. The summed E-state index contributed by atoms with van der Waals surface area (Å²) in [4.78, 5) is 15.1. The van der Waals surface area contributed by atoms with E-state index in [2.05, 4.69) is 31.1 Å². The number of carbonyl (C=O) groups excluding carboxylic acids is 1. The summed E-state index contributed by atoms with van der Waals surface area (Å²) in [5, 5.41) is 8.29. The highest BCUT2D eigenvalue weighted by Crippen LogP contribution is 2.34. The van der Waals surface area contributed by atoms with Crippen LogP contribution in [-0.4, -0.2) is 24.6 Å². The average molecular weight is 525 g/mol. The number of hydrogen-bond donors (Lipinski definition) is 2. The molecule has 0 aromatic heterocycles. The molecule has 6 heteroatoms. The van der Waals surface area contributed by atoms with Gasteiger partial charge in [0.05, 0.1) is 17.8 Å². The number of amides is 1. The lowest BCUT2D eigenvalue weighted by Gasteiger charge is -2.18. The van der Waals surface area contributed by atoms with Crippen LogP contribution in [-0.2, 0) is 4.79 Å². The van der Waals surface area contributed by atoms with E-state index in [0.717, 1.165) is 71.8 Å². The second-order valence-corrected chi connectivity index (χ2v) is 10.3. The Bertz CT molecular complexity index is 1030. The SMILES string of the molecule is C=C(S/C=C(\C)C(=O)Nc1cc(OC)ccc1-c1ccccc1)C(CCC)CCCC(=S)NCCC. The van der Waals surface area contributed by atoms with Gasteiger partial charge in [-0.15, -0.1) is 11.8 Å². The van der Waals surface area contributed by atoms with Crippen molar-refractivity contribution in [3.8, 4) is 16.9 Å². The molecular weight excluding hydrogens is 484 g/mol. The fourth-order valence-corrected chi connectivity index (χ4v) is 4.94. The molecule has 0 bridgehead atoms. The smallest absolute Gasteiger partial charge is 0.251 e. The predicted molar refractivity (Wildman–Crippen MR) is 161 cm³/mol. The molecular formula is C30H40N2O2S2. The van der Waals surface area contributed by atoms with Crippen molar-refractivity contribution in [1.29, 1.82) is 0 Å². The number of nitrogens with one attached hydrogen (secondary N) is 2. The van der Waals surface area contributed by atoms with Crippen LogP contribution in [0.25, 0.3) is 11.1 Å². The van der Waals surface area contributed by atoms with Crippen molar-refractivity contribution in [3.63, 3.8) is 0 Å². The van der Waals surface area contributed by atoms with Crippen LogP contribution < -0.4 is 15.4 Å². The largest absolute Gasteiger partial charge is 0.497 e. The van der Waals surface area contributed by atoms with E-state index in [9.17, 15) is 4.79 Å². The van der Waals surface area contributed by atoms with Crippen LogP contribution in [0.1, 0.15) is 59.3 Å². The molecule has 1 atom stereocenters. The minimum Gasteiger partial charge on any atom is -0.497 e. The van der Waals surface area contributed by atoms with Gasteiger partial charge in [-0.1, -0.05) is 69.4 Å². The summed E-state index contributed by atoms with van der Waals surface area (Å²) in [5.41, 5.74) is 3.34. The molecule has 2 aromatic rings. The van der Waals surface area contributed by atoms with Crippen LogP contribution in [0.2, 0.25) is 0 Å². The van der Waals surface area contributed by atoms with Crippen molar-refractivity contribution < 1.29 is 9.53 Å². The third-order valence-corrected chi connectivity index (χ3v) is 7.38. The molecule has 2 N–H and O–H groups in total. The first-order chi connectivity index (χ1) is 17.4. The van der Waals surface area contributed by atoms with Gasteiger partial charge in [0.2, 0.25) is 0 Å². The van der Waals surface area contributed by atoms with E-state index in [1.165, 1.54) is 0 Å². The highest BCUT2D eigenvalue weighted by molar-refractivity contribution is 8.05. The number of allylic oxidation sites excluding steroid dienone is 1. The minimum absolute atomic E-state index is 0.139. The predicted octanol–water partition coefficient (Wildman–Crippen LogP) is 8.37. The number of hydrogen-bond acceptors (Lipinski definition) is 4. The van der Waals surface area contributed by atoms with Gasteiger partial charge in [-0.3, -0.25) is 4.79 Å². The van der Waals surface area contributed by atoms with Gasteiger partial charge in [-0.2, -0.15) is 0 Å². The fraction of sp³-hybridized carbons (Fsp3) is 0.400. The number of methoxy groups -OCH3 is 1. The van der Waals surface area contributed by atoms with Crippen LogP contribution in [0.15, 0.2) is 71.0 Å². The first-order valence-electron chi connectivity index (χ1n) is 12.7. The standard InChI is InChI=1S/C30H40N2O2S2/c1-6-12-24(15-11-16-29(35)31-19-7-2)23(4)36-21-22(3)30(33)32-28-20-26(34-5)17-18-27(28)25-13-9-8-10-14-25/h8-10,13-14,17-18,20-21,24H,4,6-7,11-12,15-16,19H2,1-3,5H3,(H,31,35)(H,32,33)/b22-21+. The lowest BCUT2D eigenvalue weighted by Crippen LogP contribution is -2.21. The molecule has 0 spiro atoms. The molecule has 2 rings (SSSR count). The van der Waals surface area contributed by atoms with Crippen LogP contribution in [0, 0.1) is 5.92 Å². The Morgan fingerprint density at radius 3 is 2.56 bits per heavy atom. The van der Waals surface area contributed by atoms with E-state index in [-0.39, 0.29) is 5.91 Å². The summed E-state index contributed by atoms with van der Waals surface area (Å²) in [6, 6.07) is 15.7. The zero-order valence-electron chi connectivity index (χ0n) is 22.1. The van der Waals surface area contributed by atoms with Crippen molar-refractivity contribution in [2.45, 2.75) is 59.3 Å². The van der Waals surface area contributed by atoms with Crippen molar-refractivity contribution in [1.82, 2.24) is 5.32 Å². The first kappa shape index (κ1) is 29.7. The van der Waals surface area contributed by atoms with Crippen LogP contribution in [0.3, 0.4) is 0 Å². The van der Waals surface area contributed by atoms with Crippen LogP contribution in [0.5, 0.6) is 5.75 Å². The molecule has 194 valence electrons. The lowest BCUT2D eigenvalue weighted by atomic mass is 9.97. The van der Waals surface area contributed by atoms with Gasteiger partial charge in [-0.05, 0) is 73.0 Å². The molecule has 0 saturated carbocycles. The Kier molecular flexibility index (Phi) is 13.4. The zero-order chi connectivity index (χ0) is 26.3. The van der Waals surface area contributed by atoms with E-state index in [1.807, 2.05) is 60.9 Å². The third kappa shape index (κ3) is 9.82. The molecule has 1 unspecified atom stereocenters. The first-order valence-corrected chi connectivity index (χ1v) is 14.0.